The van der Waals surface area contributed by atoms with Crippen molar-refractivity contribution in [1.82, 2.24) is 0 Å². The fourth-order valence-electron chi connectivity index (χ4n) is 0.843. The van der Waals surface area contributed by atoms with E-state index in [-0.39, 0.29) is 0 Å². The predicted octanol–water partition coefficient (Wildman–Crippen LogP) is 47.7. The third kappa shape index (κ3) is 41.8. The SMILES string of the molecule is C[I-]I(I)I(I)I(I)I(I)I(I)I(I)I(I)I(I)I(I)I(I)I(I)I(I)I(I)I(I)I(I)I(I)I(I)I(I)I(I)I(I)I(I)I(I)I(I)I(I)I(I)I(I)I(I)I(I)I. The minimum atomic E-state index is -0.598. The zero-order valence-corrected chi connectivity index (χ0v) is 148. The molecule has 0 heterocycles. The van der Waals surface area contributed by atoms with E-state index in [9.17, 15) is 0 Å². The molecule has 0 aliphatic heterocycles. The van der Waals surface area contributed by atoms with Gasteiger partial charge in [-0.2, -0.15) is 0 Å². The Morgan fingerprint density at radius 1 is 0.169 bits per heavy atom. The Morgan fingerprint density at radius 2 is 0.271 bits per heavy atom. The average molecular weight is 7380 g/mol. The molecule has 0 fully saturated rings. The van der Waals surface area contributed by atoms with Gasteiger partial charge >= 0.3 is 783 Å². The van der Waals surface area contributed by atoms with Crippen LogP contribution in [0, 0.1) is 0 Å². The Kier molecular flexibility index (Phi) is 105. The van der Waals surface area contributed by atoms with E-state index in [2.05, 4.69) is 545 Å². The second kappa shape index (κ2) is 61.1. The van der Waals surface area contributed by atoms with Crippen LogP contribution in [0.4, 0.5) is 0 Å². The van der Waals surface area contributed by atoms with Crippen molar-refractivity contribution in [1.29, 1.82) is 0 Å². The van der Waals surface area contributed by atoms with Gasteiger partial charge in [-0.05, 0) is 0 Å². The fourth-order valence-corrected chi connectivity index (χ4v) is 11000. The molecule has 59 heavy (non-hydrogen) atoms. The van der Waals surface area contributed by atoms with E-state index in [1.54, 1.807) is 0 Å². The van der Waals surface area contributed by atoms with Crippen LogP contribution in [0.3, 0.4) is 0 Å². The molecular weight excluding hydrogens is 7370 g/mol. The summed E-state index contributed by atoms with van der Waals surface area (Å²) in [4.78, 5) is 2.67. The zero-order valence-electron chi connectivity index (χ0n) is 22.9. The van der Waals surface area contributed by atoms with Gasteiger partial charge in [-0.15, -0.1) is 0 Å². The Balaban J connectivity index is 5.66. The molecule has 0 nitrogen and oxygen atoms in total. The van der Waals surface area contributed by atoms with Gasteiger partial charge in [-0.25, -0.2) is 0 Å². The summed E-state index contributed by atoms with van der Waals surface area (Å²) in [6.45, 7) is 0. The molecule has 0 radical (unpaired) electrons. The van der Waals surface area contributed by atoms with E-state index in [1.165, 1.54) is 0 Å². The molecule has 0 aliphatic carbocycles. The minimum absolute atomic E-state index is 0.391. The number of halogens is 58. The van der Waals surface area contributed by atoms with Gasteiger partial charge in [0.15, 0.2) is 0 Å². The summed E-state index contributed by atoms with van der Waals surface area (Å²) >= 11 is 97.0. The summed E-state index contributed by atoms with van der Waals surface area (Å²) in [5.74, 6) is 0. The normalized spacial score (nSPS) is 18.9. The van der Waals surface area contributed by atoms with Crippen LogP contribution in [0.1, 0.15) is 0 Å². The standard InChI is InChI=1S/CH3I58/c1-31-33(4)35(6)37(8)39(10)41(12)43(14)45(16)47(18)49(20)51(22)53(24)55(26)57(28)59(30)58(29)56(27)54(25)52(23)50(21)48(19)46(17)44(15)42(13)40(11)38(9)36(7)34(5)32(2)3/h1H3/q-1. The van der Waals surface area contributed by atoms with Crippen molar-refractivity contribution in [2.24, 2.45) is 0 Å². The molecule has 0 rings (SSSR count). The van der Waals surface area contributed by atoms with Crippen LogP contribution in [-0.4, -0.2) is 4.93 Å². The van der Waals surface area contributed by atoms with Crippen molar-refractivity contribution in [3.8, 4) is 0 Å². The van der Waals surface area contributed by atoms with Gasteiger partial charge in [-0.3, -0.25) is 0 Å². The first-order valence-electron chi connectivity index (χ1n) is 8.52. The monoisotopic (exact) mass is 7380 g/mol. The molecule has 0 aromatic carbocycles. The van der Waals surface area contributed by atoms with Gasteiger partial charge in [0.05, 0.1) is 0 Å². The van der Waals surface area contributed by atoms with E-state index >= 15 is 0 Å². The van der Waals surface area contributed by atoms with Crippen LogP contribution < -0.4 is 17.2 Å². The molecular formula is CH3I58-. The molecule has 0 aromatic heterocycles. The molecule has 0 spiro atoms. The third-order valence-corrected chi connectivity index (χ3v) is 4500. The van der Waals surface area contributed by atoms with Crippen molar-refractivity contribution < 1.29 is 17.2 Å². The van der Waals surface area contributed by atoms with Gasteiger partial charge in [0.2, 0.25) is 0 Å². The molecule has 0 saturated heterocycles. The molecule has 0 saturated carbocycles. The molecule has 0 aliphatic rings. The summed E-state index contributed by atoms with van der Waals surface area (Å²) in [5, 5.41) is 0. The molecule has 0 amide bonds. The number of rotatable bonds is 28. The first-order chi connectivity index (χ1) is 26.9. The zero-order chi connectivity index (χ0) is 46.9. The van der Waals surface area contributed by atoms with Gasteiger partial charge in [0, 0.05) is 0 Å². The van der Waals surface area contributed by atoms with Gasteiger partial charge in [0.25, 0.3) is 0 Å². The van der Waals surface area contributed by atoms with Gasteiger partial charge < -0.3 is 0 Å². The van der Waals surface area contributed by atoms with Gasteiger partial charge in [0.1, 0.15) is 0 Å². The molecule has 0 bridgehead atoms. The summed E-state index contributed by atoms with van der Waals surface area (Å²) in [7, 11) is -15.3. The summed E-state index contributed by atoms with van der Waals surface area (Å²) in [6.07, 6.45) is 0. The Labute approximate surface area is 736 Å². The van der Waals surface area contributed by atoms with Crippen molar-refractivity contribution in [3.63, 3.8) is 0 Å². The summed E-state index contributed by atoms with van der Waals surface area (Å²) < 4.78 is 0. The van der Waals surface area contributed by atoms with Crippen LogP contribution in [0.2, 0.25) is 0 Å². The molecule has 0 aromatic rings. The fraction of sp³-hybridized carbons (Fsp3) is 1.00. The van der Waals surface area contributed by atoms with Crippen LogP contribution in [-0.2, 0) is 0 Å². The van der Waals surface area contributed by atoms with Crippen molar-refractivity contribution in [2.75, 3.05) is 4.93 Å². The summed E-state index contributed by atoms with van der Waals surface area (Å²) in [6, 6.07) is 0. The van der Waals surface area contributed by atoms with E-state index in [0.29, 0.717) is 17.2 Å². The van der Waals surface area contributed by atoms with Crippen LogP contribution >= 0.6 is 761 Å². The summed E-state index contributed by atoms with van der Waals surface area (Å²) in [5.41, 5.74) is 0. The number of hydrogen-bond donors (Lipinski definition) is 0. The second-order valence-electron chi connectivity index (χ2n) is 4.68. The Hall–Kier alpha value is 42.3. The molecule has 58 heteroatoms. The number of alkyl halides is 1. The first kappa shape index (κ1) is 101. The molecule has 0 atom stereocenters. The maximum absolute atomic E-state index is 3.42. The van der Waals surface area contributed by atoms with Crippen molar-refractivity contribution >= 4 is 761 Å². The molecule has 414 valence electrons. The van der Waals surface area contributed by atoms with E-state index in [0.717, 1.165) is 0 Å². The Morgan fingerprint density at radius 3 is 0.373 bits per heavy atom. The van der Waals surface area contributed by atoms with Gasteiger partial charge in [-0.1, -0.05) is 0 Å². The second-order valence-corrected chi connectivity index (χ2v) is 1380. The predicted molar refractivity (Wildman–Crippen MR) is 805 cm³/mol. The molecule has 0 N–H and O–H groups in total. The Bertz CT molecular complexity index is 1090. The third-order valence-electron chi connectivity index (χ3n) is 2.31. The molecule has 0 unspecified atom stereocenters. The van der Waals surface area contributed by atoms with Crippen molar-refractivity contribution in [3.05, 3.63) is 0 Å². The topological polar surface area (TPSA) is 0 Å². The maximum atomic E-state index is 3.42. The van der Waals surface area contributed by atoms with Crippen molar-refractivity contribution in [2.45, 2.75) is 0 Å². The van der Waals surface area contributed by atoms with Crippen LogP contribution in [0.15, 0.2) is 0 Å². The first-order valence-corrected chi connectivity index (χ1v) is 369. The van der Waals surface area contributed by atoms with E-state index in [1.807, 2.05) is 0 Å². The van der Waals surface area contributed by atoms with Crippen LogP contribution in [0.25, 0.3) is 0 Å². The van der Waals surface area contributed by atoms with E-state index in [4.69, 9.17) is 0 Å². The number of hydrogen-bond acceptors (Lipinski definition) is 0. The average Bonchev–Trinajstić information content (AvgIpc) is 3.23. The van der Waals surface area contributed by atoms with Crippen LogP contribution in [0.5, 0.6) is 0 Å². The quantitative estimate of drug-likeness (QED) is 0.0541. The van der Waals surface area contributed by atoms with E-state index < -0.39 is 221 Å².